The molecule has 2 N–H and O–H groups in total. The molecule has 7 nitrogen and oxygen atoms in total. The number of aryl methyl sites for hydroxylation is 1. The van der Waals surface area contributed by atoms with Gasteiger partial charge in [-0.15, -0.1) is 0 Å². The number of piperidine rings is 1. The summed E-state index contributed by atoms with van der Waals surface area (Å²) in [6.07, 6.45) is 6.11. The highest BCUT2D eigenvalue weighted by Gasteiger charge is 2.27. The van der Waals surface area contributed by atoms with Crippen LogP contribution in [0.2, 0.25) is 0 Å². The molecule has 0 unspecified atom stereocenters. The molecule has 0 amide bonds. The van der Waals surface area contributed by atoms with Gasteiger partial charge >= 0.3 is 10.2 Å². The standard InChI is InChI=1S/C13H25N5O2S/c1-3-6-14-9-12-4-7-18(8-5-12)21(19,20)16-13-10-15-17(2)11-13/h10-12,14,16H,3-9H2,1-2H3. The van der Waals surface area contributed by atoms with Crippen molar-refractivity contribution in [2.75, 3.05) is 30.9 Å². The minimum absolute atomic E-state index is 0.504. The van der Waals surface area contributed by atoms with Crippen molar-refractivity contribution in [3.8, 4) is 0 Å². The SMILES string of the molecule is CCCNCC1CCN(S(=O)(=O)Nc2cnn(C)c2)CC1. The number of anilines is 1. The van der Waals surface area contributed by atoms with E-state index in [-0.39, 0.29) is 0 Å². The highest BCUT2D eigenvalue weighted by molar-refractivity contribution is 7.90. The van der Waals surface area contributed by atoms with Crippen LogP contribution in [0.3, 0.4) is 0 Å². The summed E-state index contributed by atoms with van der Waals surface area (Å²) in [7, 11) is -1.71. The van der Waals surface area contributed by atoms with Crippen LogP contribution in [-0.2, 0) is 17.3 Å². The average Bonchev–Trinajstić information content (AvgIpc) is 2.84. The van der Waals surface area contributed by atoms with Crippen molar-refractivity contribution in [3.63, 3.8) is 0 Å². The highest BCUT2D eigenvalue weighted by atomic mass is 32.2. The predicted octanol–water partition coefficient (Wildman–Crippen LogP) is 0.788. The maximum absolute atomic E-state index is 12.3. The van der Waals surface area contributed by atoms with Gasteiger partial charge in [-0.05, 0) is 38.3 Å². The normalized spacial score (nSPS) is 18.0. The van der Waals surface area contributed by atoms with E-state index in [2.05, 4.69) is 22.1 Å². The summed E-state index contributed by atoms with van der Waals surface area (Å²) in [5, 5.41) is 7.37. The van der Waals surface area contributed by atoms with Crippen LogP contribution in [0, 0.1) is 5.92 Å². The number of nitrogens with one attached hydrogen (secondary N) is 2. The first-order valence-corrected chi connectivity index (χ1v) is 8.92. The Morgan fingerprint density at radius 1 is 1.38 bits per heavy atom. The van der Waals surface area contributed by atoms with E-state index in [1.165, 1.54) is 10.5 Å². The minimum atomic E-state index is -3.46. The first-order chi connectivity index (χ1) is 10.0. The zero-order valence-corrected chi connectivity index (χ0v) is 13.6. The fraction of sp³-hybridized carbons (Fsp3) is 0.769. The first kappa shape index (κ1) is 16.3. The van der Waals surface area contributed by atoms with Crippen molar-refractivity contribution >= 4 is 15.9 Å². The lowest BCUT2D eigenvalue weighted by Gasteiger charge is -2.31. The lowest BCUT2D eigenvalue weighted by Crippen LogP contribution is -2.43. The molecular weight excluding hydrogens is 290 g/mol. The van der Waals surface area contributed by atoms with Gasteiger partial charge < -0.3 is 5.32 Å². The van der Waals surface area contributed by atoms with Crippen molar-refractivity contribution < 1.29 is 8.42 Å². The molecule has 0 radical (unpaired) electrons. The molecule has 0 spiro atoms. The Hall–Kier alpha value is -1.12. The topological polar surface area (TPSA) is 79.3 Å². The summed E-state index contributed by atoms with van der Waals surface area (Å²) in [6.45, 7) is 5.31. The van der Waals surface area contributed by atoms with Gasteiger partial charge in [0, 0.05) is 26.3 Å². The van der Waals surface area contributed by atoms with E-state index in [1.807, 2.05) is 0 Å². The zero-order chi connectivity index (χ0) is 15.3. The Labute approximate surface area is 126 Å². The van der Waals surface area contributed by atoms with E-state index in [4.69, 9.17) is 0 Å². The van der Waals surface area contributed by atoms with Gasteiger partial charge in [0.2, 0.25) is 0 Å². The average molecular weight is 315 g/mol. The third-order valence-electron chi connectivity index (χ3n) is 3.72. The van der Waals surface area contributed by atoms with Crippen LogP contribution < -0.4 is 10.0 Å². The maximum Gasteiger partial charge on any atom is 0.301 e. The Morgan fingerprint density at radius 3 is 2.67 bits per heavy atom. The van der Waals surface area contributed by atoms with E-state index in [9.17, 15) is 8.42 Å². The Morgan fingerprint density at radius 2 is 2.10 bits per heavy atom. The van der Waals surface area contributed by atoms with Crippen molar-refractivity contribution in [1.82, 2.24) is 19.4 Å². The van der Waals surface area contributed by atoms with E-state index < -0.39 is 10.2 Å². The van der Waals surface area contributed by atoms with Gasteiger partial charge in [0.05, 0.1) is 11.9 Å². The Kier molecular flexibility index (Phi) is 5.60. The maximum atomic E-state index is 12.3. The molecule has 1 aromatic rings. The molecule has 1 aliphatic rings. The summed E-state index contributed by atoms with van der Waals surface area (Å²) in [5.74, 6) is 0.571. The molecule has 1 aliphatic heterocycles. The van der Waals surface area contributed by atoms with Crippen LogP contribution in [-0.4, -0.2) is 48.7 Å². The second-order valence-corrected chi connectivity index (χ2v) is 7.23. The minimum Gasteiger partial charge on any atom is -0.316 e. The second kappa shape index (κ2) is 7.24. The molecule has 0 aromatic carbocycles. The number of aromatic nitrogens is 2. The van der Waals surface area contributed by atoms with Crippen molar-refractivity contribution in [2.45, 2.75) is 26.2 Å². The molecule has 0 saturated carbocycles. The summed E-state index contributed by atoms with van der Waals surface area (Å²) < 4.78 is 30.3. The van der Waals surface area contributed by atoms with Gasteiger partial charge in [-0.2, -0.15) is 17.8 Å². The van der Waals surface area contributed by atoms with Gasteiger partial charge in [-0.3, -0.25) is 9.40 Å². The zero-order valence-electron chi connectivity index (χ0n) is 12.7. The first-order valence-electron chi connectivity index (χ1n) is 7.48. The second-order valence-electron chi connectivity index (χ2n) is 5.56. The fourth-order valence-corrected chi connectivity index (χ4v) is 3.75. The molecule has 120 valence electrons. The van der Waals surface area contributed by atoms with Gasteiger partial charge in [-0.1, -0.05) is 6.92 Å². The van der Waals surface area contributed by atoms with Gasteiger partial charge in [0.15, 0.2) is 0 Å². The van der Waals surface area contributed by atoms with Crippen LogP contribution >= 0.6 is 0 Å². The summed E-state index contributed by atoms with van der Waals surface area (Å²) in [5.41, 5.74) is 0.504. The van der Waals surface area contributed by atoms with Gasteiger partial charge in [0.25, 0.3) is 0 Å². The molecule has 0 bridgehead atoms. The summed E-state index contributed by atoms with van der Waals surface area (Å²) in [6, 6.07) is 0. The number of nitrogens with zero attached hydrogens (tertiary/aromatic N) is 3. The monoisotopic (exact) mass is 315 g/mol. The van der Waals surface area contributed by atoms with Crippen molar-refractivity contribution in [3.05, 3.63) is 12.4 Å². The van der Waals surface area contributed by atoms with Crippen LogP contribution in [0.5, 0.6) is 0 Å². The summed E-state index contributed by atoms with van der Waals surface area (Å²) >= 11 is 0. The molecule has 1 aromatic heterocycles. The molecule has 0 atom stereocenters. The fourth-order valence-electron chi connectivity index (χ4n) is 2.52. The molecule has 1 saturated heterocycles. The summed E-state index contributed by atoms with van der Waals surface area (Å²) in [4.78, 5) is 0. The van der Waals surface area contributed by atoms with Crippen LogP contribution in [0.15, 0.2) is 12.4 Å². The lowest BCUT2D eigenvalue weighted by atomic mass is 9.98. The van der Waals surface area contributed by atoms with Crippen LogP contribution in [0.1, 0.15) is 26.2 Å². The predicted molar refractivity (Wildman–Crippen MR) is 83.2 cm³/mol. The van der Waals surface area contributed by atoms with Crippen molar-refractivity contribution in [1.29, 1.82) is 0 Å². The molecule has 21 heavy (non-hydrogen) atoms. The molecule has 0 aliphatic carbocycles. The molecule has 2 rings (SSSR count). The number of hydrogen-bond acceptors (Lipinski definition) is 4. The van der Waals surface area contributed by atoms with Crippen LogP contribution in [0.4, 0.5) is 5.69 Å². The van der Waals surface area contributed by atoms with Gasteiger partial charge in [-0.25, -0.2) is 0 Å². The Balaban J connectivity index is 1.83. The molecular formula is C13H25N5O2S. The molecule has 1 fully saturated rings. The van der Waals surface area contributed by atoms with E-state index in [0.29, 0.717) is 24.7 Å². The molecule has 2 heterocycles. The van der Waals surface area contributed by atoms with E-state index in [1.54, 1.807) is 17.9 Å². The third kappa shape index (κ3) is 4.69. The highest BCUT2D eigenvalue weighted by Crippen LogP contribution is 2.20. The smallest absolute Gasteiger partial charge is 0.301 e. The number of rotatable bonds is 7. The van der Waals surface area contributed by atoms with E-state index >= 15 is 0 Å². The third-order valence-corrected chi connectivity index (χ3v) is 5.26. The largest absolute Gasteiger partial charge is 0.316 e. The Bertz CT molecular complexity index is 535. The van der Waals surface area contributed by atoms with E-state index in [0.717, 1.165) is 32.4 Å². The lowest BCUT2D eigenvalue weighted by molar-refractivity contribution is 0.269. The molecule has 8 heteroatoms. The van der Waals surface area contributed by atoms with Gasteiger partial charge in [0.1, 0.15) is 0 Å². The number of hydrogen-bond donors (Lipinski definition) is 2. The quantitative estimate of drug-likeness (QED) is 0.729. The van der Waals surface area contributed by atoms with Crippen molar-refractivity contribution in [2.24, 2.45) is 13.0 Å². The van der Waals surface area contributed by atoms with Crippen LogP contribution in [0.25, 0.3) is 0 Å².